The number of ether oxygens (including phenoxy) is 3. The molecule has 0 aromatic heterocycles. The van der Waals surface area contributed by atoms with Crippen LogP contribution in [0.4, 0.5) is 0 Å². The van der Waals surface area contributed by atoms with Gasteiger partial charge in [0.1, 0.15) is 5.60 Å². The maximum atomic E-state index is 11.9. The zero-order valence-electron chi connectivity index (χ0n) is 20.1. The molecule has 29 heavy (non-hydrogen) atoms. The Kier molecular flexibility index (Phi) is 12.4. The molecule has 0 radical (unpaired) electrons. The molecule has 1 aliphatic carbocycles. The van der Waals surface area contributed by atoms with Crippen LogP contribution in [0.1, 0.15) is 87.0 Å². The smallest absolute Gasteiger partial charge is 0.309 e. The molecule has 5 nitrogen and oxygen atoms in total. The lowest BCUT2D eigenvalue weighted by molar-refractivity contribution is -0.162. The zero-order valence-corrected chi connectivity index (χ0v) is 20.1. The van der Waals surface area contributed by atoms with Crippen molar-refractivity contribution < 1.29 is 19.0 Å². The second-order valence-electron chi connectivity index (χ2n) is 10.4. The Labute approximate surface area is 179 Å². The largest absolute Gasteiger partial charge is 0.460 e. The van der Waals surface area contributed by atoms with Crippen LogP contribution in [0.5, 0.6) is 0 Å². The van der Waals surface area contributed by atoms with Crippen molar-refractivity contribution in [2.45, 2.75) is 105 Å². The Hall–Kier alpha value is -0.650. The lowest BCUT2D eigenvalue weighted by Gasteiger charge is -2.30. The van der Waals surface area contributed by atoms with Gasteiger partial charge in [-0.15, -0.1) is 0 Å². The molecule has 172 valence electrons. The summed E-state index contributed by atoms with van der Waals surface area (Å²) in [5, 5.41) is 3.32. The summed E-state index contributed by atoms with van der Waals surface area (Å²) in [5.74, 6) is 1.28. The van der Waals surface area contributed by atoms with Crippen LogP contribution < -0.4 is 5.32 Å². The molecule has 2 rings (SSSR count). The summed E-state index contributed by atoms with van der Waals surface area (Å²) in [6.07, 6.45) is 7.01. The standard InChI is InChI=1S/C15H28O3.C9H19NO/c1-11(2)10-17-13-8-6-12(7-9-13)14(16)18-15(3,4)5;1-8(2)7-11-9-3-5-10-6-4-9/h11-13H,6-10H2,1-5H3;8-10H,3-7H2,1-2H3. The minimum absolute atomic E-state index is 0.0372. The highest BCUT2D eigenvalue weighted by molar-refractivity contribution is 5.72. The van der Waals surface area contributed by atoms with Crippen LogP contribution in [0.2, 0.25) is 0 Å². The van der Waals surface area contributed by atoms with Crippen LogP contribution in [-0.2, 0) is 19.0 Å². The second-order valence-corrected chi connectivity index (χ2v) is 10.4. The Morgan fingerprint density at radius 1 is 0.828 bits per heavy atom. The average molecular weight is 414 g/mol. The van der Waals surface area contributed by atoms with Crippen molar-refractivity contribution in [2.24, 2.45) is 17.8 Å². The number of carbonyl (C=O) groups excluding carboxylic acids is 1. The molecule has 5 heteroatoms. The molecule has 1 saturated carbocycles. The van der Waals surface area contributed by atoms with E-state index in [1.54, 1.807) is 0 Å². The van der Waals surface area contributed by atoms with Crippen molar-refractivity contribution >= 4 is 5.97 Å². The van der Waals surface area contributed by atoms with E-state index in [2.05, 4.69) is 33.0 Å². The molecule has 2 fully saturated rings. The van der Waals surface area contributed by atoms with Gasteiger partial charge in [0, 0.05) is 13.2 Å². The number of nitrogens with one attached hydrogen (secondary N) is 1. The van der Waals surface area contributed by atoms with E-state index in [-0.39, 0.29) is 17.5 Å². The molecule has 1 aliphatic heterocycles. The maximum Gasteiger partial charge on any atom is 0.309 e. The minimum Gasteiger partial charge on any atom is -0.460 e. The summed E-state index contributed by atoms with van der Waals surface area (Å²) in [7, 11) is 0. The number of rotatable bonds is 7. The third-order valence-corrected chi connectivity index (χ3v) is 5.03. The van der Waals surface area contributed by atoms with Crippen LogP contribution in [0.3, 0.4) is 0 Å². The molecule has 1 saturated heterocycles. The normalized spacial score (nSPS) is 23.6. The number of hydrogen-bond donors (Lipinski definition) is 1. The third kappa shape index (κ3) is 13.3. The first kappa shape index (κ1) is 26.4. The third-order valence-electron chi connectivity index (χ3n) is 5.03. The molecule has 2 aliphatic rings. The van der Waals surface area contributed by atoms with Gasteiger partial charge in [-0.3, -0.25) is 4.79 Å². The maximum absolute atomic E-state index is 11.9. The van der Waals surface area contributed by atoms with Crippen LogP contribution in [0.25, 0.3) is 0 Å². The van der Waals surface area contributed by atoms with Crippen LogP contribution >= 0.6 is 0 Å². The fourth-order valence-corrected chi connectivity index (χ4v) is 3.47. The first-order valence-corrected chi connectivity index (χ1v) is 11.7. The number of piperidine rings is 1. The molecule has 0 spiro atoms. The molecule has 0 bridgehead atoms. The van der Waals surface area contributed by atoms with Crippen LogP contribution in [-0.4, -0.2) is 50.1 Å². The lowest BCUT2D eigenvalue weighted by Crippen LogP contribution is -2.33. The number of esters is 1. The predicted octanol–water partition coefficient (Wildman–Crippen LogP) is 4.97. The molecular weight excluding hydrogens is 366 g/mol. The van der Waals surface area contributed by atoms with E-state index in [0.29, 0.717) is 24.0 Å². The first-order chi connectivity index (χ1) is 13.6. The fraction of sp³-hybridized carbons (Fsp3) is 0.958. The molecule has 0 atom stereocenters. The first-order valence-electron chi connectivity index (χ1n) is 11.7. The summed E-state index contributed by atoms with van der Waals surface area (Å²) in [5.41, 5.74) is -0.373. The van der Waals surface area contributed by atoms with Gasteiger partial charge < -0.3 is 19.5 Å². The van der Waals surface area contributed by atoms with E-state index in [4.69, 9.17) is 14.2 Å². The zero-order chi connectivity index (χ0) is 21.9. The molecule has 1 heterocycles. The molecule has 1 N–H and O–H groups in total. The van der Waals surface area contributed by atoms with Gasteiger partial charge in [-0.05, 0) is 84.2 Å². The topological polar surface area (TPSA) is 56.8 Å². The monoisotopic (exact) mass is 413 g/mol. The van der Waals surface area contributed by atoms with Crippen molar-refractivity contribution in [1.29, 1.82) is 0 Å². The van der Waals surface area contributed by atoms with E-state index in [1.807, 2.05) is 20.8 Å². The van der Waals surface area contributed by atoms with E-state index < -0.39 is 0 Å². The van der Waals surface area contributed by atoms with Crippen molar-refractivity contribution in [3.63, 3.8) is 0 Å². The minimum atomic E-state index is -0.373. The molecule has 0 unspecified atom stereocenters. The number of carbonyl (C=O) groups is 1. The summed E-state index contributed by atoms with van der Waals surface area (Å²) in [4.78, 5) is 11.9. The second kappa shape index (κ2) is 13.6. The Bertz CT molecular complexity index is 431. The highest BCUT2D eigenvalue weighted by atomic mass is 16.6. The highest BCUT2D eigenvalue weighted by Gasteiger charge is 2.30. The van der Waals surface area contributed by atoms with E-state index in [1.165, 1.54) is 12.8 Å². The Morgan fingerprint density at radius 3 is 1.69 bits per heavy atom. The summed E-state index contributed by atoms with van der Waals surface area (Å²) >= 11 is 0. The van der Waals surface area contributed by atoms with Gasteiger partial charge in [0.15, 0.2) is 0 Å². The van der Waals surface area contributed by atoms with Gasteiger partial charge in [0.25, 0.3) is 0 Å². The van der Waals surface area contributed by atoms with Crippen molar-refractivity contribution in [2.75, 3.05) is 26.3 Å². The summed E-state index contributed by atoms with van der Waals surface area (Å²) < 4.78 is 17.0. The van der Waals surface area contributed by atoms with E-state index >= 15 is 0 Å². The summed E-state index contributed by atoms with van der Waals surface area (Å²) in [6, 6.07) is 0. The molecule has 0 aromatic rings. The van der Waals surface area contributed by atoms with Crippen molar-refractivity contribution in [3.8, 4) is 0 Å². The van der Waals surface area contributed by atoms with Gasteiger partial charge in [0.05, 0.1) is 18.1 Å². The number of hydrogen-bond acceptors (Lipinski definition) is 5. The van der Waals surface area contributed by atoms with Gasteiger partial charge in [-0.1, -0.05) is 27.7 Å². The average Bonchev–Trinajstić information content (AvgIpc) is 2.65. The Morgan fingerprint density at radius 2 is 1.28 bits per heavy atom. The van der Waals surface area contributed by atoms with E-state index in [9.17, 15) is 4.79 Å². The summed E-state index contributed by atoms with van der Waals surface area (Å²) in [6.45, 7) is 18.5. The predicted molar refractivity (Wildman–Crippen MR) is 119 cm³/mol. The molecular formula is C24H47NO4. The van der Waals surface area contributed by atoms with Crippen molar-refractivity contribution in [1.82, 2.24) is 5.32 Å². The van der Waals surface area contributed by atoms with Gasteiger partial charge in [0.2, 0.25) is 0 Å². The van der Waals surface area contributed by atoms with Gasteiger partial charge >= 0.3 is 5.97 Å². The van der Waals surface area contributed by atoms with Gasteiger partial charge in [-0.25, -0.2) is 0 Å². The SMILES string of the molecule is CC(C)COC1CCC(C(=O)OC(C)(C)C)CC1.CC(C)COC1CCNCC1. The van der Waals surface area contributed by atoms with Crippen LogP contribution in [0.15, 0.2) is 0 Å². The van der Waals surface area contributed by atoms with Crippen LogP contribution in [0, 0.1) is 17.8 Å². The van der Waals surface area contributed by atoms with Crippen molar-refractivity contribution in [3.05, 3.63) is 0 Å². The fourth-order valence-electron chi connectivity index (χ4n) is 3.47. The molecule has 0 amide bonds. The quantitative estimate of drug-likeness (QED) is 0.597. The van der Waals surface area contributed by atoms with Gasteiger partial charge in [-0.2, -0.15) is 0 Å². The highest BCUT2D eigenvalue weighted by Crippen LogP contribution is 2.28. The lowest BCUT2D eigenvalue weighted by atomic mass is 9.87. The Balaban J connectivity index is 0.000000326. The van der Waals surface area contributed by atoms with E-state index in [0.717, 1.165) is 52.0 Å². The molecule has 0 aromatic carbocycles.